The van der Waals surface area contributed by atoms with Crippen LogP contribution < -0.4 is 4.74 Å². The Kier molecular flexibility index (Phi) is 6.22. The van der Waals surface area contributed by atoms with E-state index in [1.165, 1.54) is 48.5 Å². The maximum Gasteiger partial charge on any atom is 0.343 e. The molecule has 2 aromatic carbocycles. The lowest BCUT2D eigenvalue weighted by molar-refractivity contribution is -0.384. The smallest absolute Gasteiger partial charge is 0.343 e. The molecule has 0 saturated heterocycles. The molecular formula is C18H17NO6. The molecule has 0 atom stereocenters. The van der Waals surface area contributed by atoms with Gasteiger partial charge in [0, 0.05) is 12.1 Å². The predicted octanol–water partition coefficient (Wildman–Crippen LogP) is 3.77. The van der Waals surface area contributed by atoms with Crippen LogP contribution in [-0.2, 0) is 4.74 Å². The van der Waals surface area contributed by atoms with Crippen LogP contribution in [0.2, 0.25) is 0 Å². The molecule has 0 saturated carbocycles. The molecule has 0 unspecified atom stereocenters. The van der Waals surface area contributed by atoms with Gasteiger partial charge in [-0.3, -0.25) is 10.1 Å². The summed E-state index contributed by atoms with van der Waals surface area (Å²) < 4.78 is 10.3. The largest absolute Gasteiger partial charge is 0.462 e. The van der Waals surface area contributed by atoms with Crippen LogP contribution in [0.5, 0.6) is 5.75 Å². The Morgan fingerprint density at radius 1 is 0.960 bits per heavy atom. The van der Waals surface area contributed by atoms with E-state index in [2.05, 4.69) is 0 Å². The summed E-state index contributed by atoms with van der Waals surface area (Å²) in [6.45, 7) is 2.37. The van der Waals surface area contributed by atoms with Gasteiger partial charge in [0.05, 0.1) is 22.7 Å². The Morgan fingerprint density at radius 2 is 1.52 bits per heavy atom. The van der Waals surface area contributed by atoms with Gasteiger partial charge in [0.2, 0.25) is 0 Å². The van der Waals surface area contributed by atoms with Crippen molar-refractivity contribution >= 4 is 17.6 Å². The van der Waals surface area contributed by atoms with Crippen molar-refractivity contribution in [2.45, 2.75) is 19.8 Å². The number of unbranched alkanes of at least 4 members (excludes halogenated alkanes) is 1. The van der Waals surface area contributed by atoms with E-state index in [9.17, 15) is 19.7 Å². The molecule has 7 heteroatoms. The minimum absolute atomic E-state index is 0.109. The minimum Gasteiger partial charge on any atom is -0.462 e. The van der Waals surface area contributed by atoms with E-state index in [0.29, 0.717) is 12.2 Å². The number of non-ortho nitro benzene ring substituents is 1. The fraction of sp³-hybridized carbons (Fsp3) is 0.222. The Hall–Kier alpha value is -3.22. The number of nitro groups is 1. The molecule has 130 valence electrons. The second-order valence-electron chi connectivity index (χ2n) is 5.21. The van der Waals surface area contributed by atoms with Crippen LogP contribution in [0.25, 0.3) is 0 Å². The van der Waals surface area contributed by atoms with Gasteiger partial charge in [0.15, 0.2) is 0 Å². The minimum atomic E-state index is -0.645. The average molecular weight is 343 g/mol. The number of nitro benzene ring substituents is 1. The summed E-state index contributed by atoms with van der Waals surface area (Å²) in [4.78, 5) is 33.8. The summed E-state index contributed by atoms with van der Waals surface area (Å²) >= 11 is 0. The SMILES string of the molecule is CCCCOC(=O)c1ccc(OC(=O)c2ccc([N+](=O)[O-])cc2)cc1. The molecule has 0 amide bonds. The molecule has 25 heavy (non-hydrogen) atoms. The van der Waals surface area contributed by atoms with Gasteiger partial charge in [-0.1, -0.05) is 13.3 Å². The van der Waals surface area contributed by atoms with Crippen LogP contribution in [0.15, 0.2) is 48.5 Å². The first kappa shape index (κ1) is 18.1. The number of benzene rings is 2. The monoisotopic (exact) mass is 343 g/mol. The number of rotatable bonds is 7. The molecule has 0 aliphatic rings. The number of esters is 2. The molecule has 0 N–H and O–H groups in total. The van der Waals surface area contributed by atoms with Crippen LogP contribution in [0.3, 0.4) is 0 Å². The molecular weight excluding hydrogens is 326 g/mol. The Labute approximate surface area is 144 Å². The number of hydrogen-bond donors (Lipinski definition) is 0. The summed E-state index contributed by atoms with van der Waals surface area (Å²) in [5.74, 6) is -0.816. The van der Waals surface area contributed by atoms with Crippen LogP contribution >= 0.6 is 0 Å². The van der Waals surface area contributed by atoms with Crippen molar-refractivity contribution in [3.8, 4) is 5.75 Å². The van der Waals surface area contributed by atoms with Crippen LogP contribution in [-0.4, -0.2) is 23.5 Å². The van der Waals surface area contributed by atoms with E-state index in [1.807, 2.05) is 6.92 Å². The number of nitrogens with zero attached hydrogens (tertiary/aromatic N) is 1. The van der Waals surface area contributed by atoms with Gasteiger partial charge in [0.25, 0.3) is 5.69 Å². The highest BCUT2D eigenvalue weighted by atomic mass is 16.6. The van der Waals surface area contributed by atoms with Crippen molar-refractivity contribution in [1.82, 2.24) is 0 Å². The third-order valence-electron chi connectivity index (χ3n) is 3.35. The second-order valence-corrected chi connectivity index (χ2v) is 5.21. The van der Waals surface area contributed by atoms with E-state index < -0.39 is 16.9 Å². The number of hydrogen-bond acceptors (Lipinski definition) is 6. The highest BCUT2D eigenvalue weighted by molar-refractivity contribution is 5.92. The highest BCUT2D eigenvalue weighted by Crippen LogP contribution is 2.17. The topological polar surface area (TPSA) is 95.7 Å². The molecule has 2 rings (SSSR count). The number of carbonyl (C=O) groups is 2. The predicted molar refractivity (Wildman–Crippen MR) is 89.7 cm³/mol. The van der Waals surface area contributed by atoms with Gasteiger partial charge in [-0.25, -0.2) is 9.59 Å². The fourth-order valence-electron chi connectivity index (χ4n) is 1.94. The van der Waals surface area contributed by atoms with Gasteiger partial charge in [0.1, 0.15) is 5.75 Å². The van der Waals surface area contributed by atoms with Crippen molar-refractivity contribution in [2.75, 3.05) is 6.61 Å². The summed E-state index contributed by atoms with van der Waals surface area (Å²) in [6, 6.07) is 11.1. The van der Waals surface area contributed by atoms with Gasteiger partial charge in [-0.15, -0.1) is 0 Å². The first-order valence-corrected chi connectivity index (χ1v) is 7.75. The Morgan fingerprint density at radius 3 is 2.08 bits per heavy atom. The first-order valence-electron chi connectivity index (χ1n) is 7.75. The number of carbonyl (C=O) groups excluding carboxylic acids is 2. The normalized spacial score (nSPS) is 10.1. The summed E-state index contributed by atoms with van der Waals surface area (Å²) in [6.07, 6.45) is 1.74. The average Bonchev–Trinajstić information content (AvgIpc) is 2.62. The quantitative estimate of drug-likeness (QED) is 0.250. The van der Waals surface area contributed by atoms with Crippen LogP contribution in [0.1, 0.15) is 40.5 Å². The maximum absolute atomic E-state index is 12.0. The molecule has 7 nitrogen and oxygen atoms in total. The molecule has 0 heterocycles. The van der Waals surface area contributed by atoms with Gasteiger partial charge >= 0.3 is 11.9 Å². The zero-order valence-corrected chi connectivity index (χ0v) is 13.6. The van der Waals surface area contributed by atoms with Crippen molar-refractivity contribution in [2.24, 2.45) is 0 Å². The van der Waals surface area contributed by atoms with E-state index >= 15 is 0 Å². The number of ether oxygens (including phenoxy) is 2. The standard InChI is InChI=1S/C18H17NO6/c1-2-3-12-24-17(20)13-6-10-16(11-7-13)25-18(21)14-4-8-15(9-5-14)19(22)23/h4-11H,2-3,12H2,1H3. The maximum atomic E-state index is 12.0. The van der Waals surface area contributed by atoms with Crippen molar-refractivity contribution in [3.63, 3.8) is 0 Å². The summed E-state index contributed by atoms with van der Waals surface area (Å²) in [7, 11) is 0. The van der Waals surface area contributed by atoms with Crippen molar-refractivity contribution in [3.05, 3.63) is 69.8 Å². The molecule has 2 aromatic rings. The van der Waals surface area contributed by atoms with Crippen molar-refractivity contribution in [1.29, 1.82) is 0 Å². The molecule has 0 bridgehead atoms. The zero-order chi connectivity index (χ0) is 18.2. The second kappa shape index (κ2) is 8.58. The van der Waals surface area contributed by atoms with Gasteiger partial charge in [-0.2, -0.15) is 0 Å². The van der Waals surface area contributed by atoms with Crippen LogP contribution in [0, 0.1) is 10.1 Å². The van der Waals surface area contributed by atoms with Gasteiger partial charge in [-0.05, 0) is 42.8 Å². The third-order valence-corrected chi connectivity index (χ3v) is 3.35. The van der Waals surface area contributed by atoms with Crippen molar-refractivity contribution < 1.29 is 24.0 Å². The molecule has 0 aliphatic carbocycles. The van der Waals surface area contributed by atoms with Gasteiger partial charge < -0.3 is 9.47 Å². The zero-order valence-electron chi connectivity index (χ0n) is 13.6. The van der Waals surface area contributed by atoms with E-state index in [-0.39, 0.29) is 17.0 Å². The lowest BCUT2D eigenvalue weighted by Gasteiger charge is -2.06. The fourth-order valence-corrected chi connectivity index (χ4v) is 1.94. The highest BCUT2D eigenvalue weighted by Gasteiger charge is 2.12. The summed E-state index contributed by atoms with van der Waals surface area (Å²) in [5, 5.41) is 10.6. The summed E-state index contributed by atoms with van der Waals surface area (Å²) in [5.41, 5.74) is 0.447. The first-order chi connectivity index (χ1) is 12.0. The van der Waals surface area contributed by atoms with E-state index in [0.717, 1.165) is 12.8 Å². The van der Waals surface area contributed by atoms with Crippen LogP contribution in [0.4, 0.5) is 5.69 Å². The molecule has 0 aromatic heterocycles. The molecule has 0 fully saturated rings. The third kappa shape index (κ3) is 5.13. The Balaban J connectivity index is 1.97. The lowest BCUT2D eigenvalue weighted by atomic mass is 10.2. The molecule has 0 aliphatic heterocycles. The van der Waals surface area contributed by atoms with E-state index in [1.54, 1.807) is 0 Å². The Bertz CT molecular complexity index is 752. The molecule has 0 spiro atoms. The van der Waals surface area contributed by atoms with E-state index in [4.69, 9.17) is 9.47 Å². The lowest BCUT2D eigenvalue weighted by Crippen LogP contribution is -2.09. The molecule has 0 radical (unpaired) electrons.